The Kier molecular flexibility index (Phi) is 4.92. The van der Waals surface area contributed by atoms with E-state index in [-0.39, 0.29) is 12.5 Å². The van der Waals surface area contributed by atoms with E-state index >= 15 is 0 Å². The molecule has 0 aliphatic rings. The first-order valence-electron chi connectivity index (χ1n) is 5.06. The zero-order valence-electron chi connectivity index (χ0n) is 9.53. The van der Waals surface area contributed by atoms with Crippen molar-refractivity contribution < 1.29 is 14.6 Å². The third kappa shape index (κ3) is 3.59. The van der Waals surface area contributed by atoms with Crippen LogP contribution in [0.3, 0.4) is 0 Å². The quantitative estimate of drug-likeness (QED) is 0.791. The van der Waals surface area contributed by atoms with Crippen LogP contribution in [0.15, 0.2) is 16.8 Å². The van der Waals surface area contributed by atoms with E-state index in [4.69, 9.17) is 9.84 Å². The van der Waals surface area contributed by atoms with E-state index in [0.29, 0.717) is 18.6 Å². The molecule has 0 aromatic carbocycles. The van der Waals surface area contributed by atoms with Crippen molar-refractivity contribution in [1.82, 2.24) is 5.32 Å². The molecule has 0 saturated carbocycles. The van der Waals surface area contributed by atoms with Gasteiger partial charge >= 0.3 is 0 Å². The molecule has 0 radical (unpaired) electrons. The summed E-state index contributed by atoms with van der Waals surface area (Å²) in [5.41, 5.74) is 0.118. The molecular weight excluding hydrogens is 226 g/mol. The highest BCUT2D eigenvalue weighted by atomic mass is 32.1. The monoisotopic (exact) mass is 243 g/mol. The van der Waals surface area contributed by atoms with Crippen LogP contribution in [0.1, 0.15) is 23.7 Å². The lowest BCUT2D eigenvalue weighted by Gasteiger charge is -2.29. The summed E-state index contributed by atoms with van der Waals surface area (Å²) in [7, 11) is 1.58. The van der Waals surface area contributed by atoms with Gasteiger partial charge in [-0.15, -0.1) is 0 Å². The Morgan fingerprint density at radius 2 is 2.44 bits per heavy atom. The highest BCUT2D eigenvalue weighted by Crippen LogP contribution is 2.13. The summed E-state index contributed by atoms with van der Waals surface area (Å²) in [6.45, 7) is 2.25. The van der Waals surface area contributed by atoms with Crippen molar-refractivity contribution in [2.75, 3.05) is 20.3 Å². The molecule has 1 aromatic rings. The van der Waals surface area contributed by atoms with Gasteiger partial charge < -0.3 is 15.2 Å². The van der Waals surface area contributed by atoms with Gasteiger partial charge in [-0.3, -0.25) is 4.79 Å². The first kappa shape index (κ1) is 13.2. The minimum Gasteiger partial charge on any atom is -0.396 e. The van der Waals surface area contributed by atoms with Gasteiger partial charge in [0.05, 0.1) is 17.7 Å². The molecule has 4 nitrogen and oxygen atoms in total. The van der Waals surface area contributed by atoms with Crippen molar-refractivity contribution in [3.05, 3.63) is 22.4 Å². The van der Waals surface area contributed by atoms with Crippen molar-refractivity contribution in [1.29, 1.82) is 0 Å². The van der Waals surface area contributed by atoms with Gasteiger partial charge in [0.1, 0.15) is 0 Å². The summed E-state index contributed by atoms with van der Waals surface area (Å²) in [6.07, 6.45) is 0.469. The summed E-state index contributed by atoms with van der Waals surface area (Å²) in [6, 6.07) is 1.77. The van der Waals surface area contributed by atoms with Gasteiger partial charge in [0, 0.05) is 19.1 Å². The second kappa shape index (κ2) is 5.98. The lowest BCUT2D eigenvalue weighted by Crippen LogP contribution is -2.49. The molecule has 0 aliphatic carbocycles. The lowest BCUT2D eigenvalue weighted by atomic mass is 9.99. The SMILES string of the molecule is COCC(C)(CCO)NC(=O)c1ccsc1. The first-order valence-corrected chi connectivity index (χ1v) is 6.00. The van der Waals surface area contributed by atoms with Gasteiger partial charge in [-0.05, 0) is 24.8 Å². The van der Waals surface area contributed by atoms with Gasteiger partial charge in [0.25, 0.3) is 5.91 Å². The minimum absolute atomic E-state index is 0.0176. The Bertz CT molecular complexity index is 318. The number of carbonyl (C=O) groups is 1. The molecule has 1 atom stereocenters. The summed E-state index contributed by atoms with van der Waals surface area (Å²) in [5, 5.41) is 15.5. The van der Waals surface area contributed by atoms with Crippen LogP contribution in [0, 0.1) is 0 Å². The average molecular weight is 243 g/mol. The molecule has 1 aromatic heterocycles. The maximum atomic E-state index is 11.8. The highest BCUT2D eigenvalue weighted by Gasteiger charge is 2.26. The van der Waals surface area contributed by atoms with Crippen molar-refractivity contribution in [3.8, 4) is 0 Å². The third-order valence-corrected chi connectivity index (χ3v) is 3.01. The fraction of sp³-hybridized carbons (Fsp3) is 0.545. The molecule has 0 aliphatic heterocycles. The number of hydrogen-bond acceptors (Lipinski definition) is 4. The number of ether oxygens (including phenoxy) is 1. The van der Waals surface area contributed by atoms with Gasteiger partial charge in [0.15, 0.2) is 0 Å². The van der Waals surface area contributed by atoms with Crippen molar-refractivity contribution in [2.24, 2.45) is 0 Å². The number of rotatable bonds is 6. The molecule has 5 heteroatoms. The molecule has 2 N–H and O–H groups in total. The zero-order chi connectivity index (χ0) is 12.0. The van der Waals surface area contributed by atoms with Crippen LogP contribution in [-0.4, -0.2) is 36.9 Å². The second-order valence-corrected chi connectivity index (χ2v) is 4.71. The molecule has 1 rings (SSSR count). The van der Waals surface area contributed by atoms with E-state index in [1.165, 1.54) is 11.3 Å². The van der Waals surface area contributed by atoms with Crippen LogP contribution >= 0.6 is 11.3 Å². The number of thiophene rings is 1. The number of aliphatic hydroxyl groups is 1. The standard InChI is InChI=1S/C11H17NO3S/c1-11(4-5-13,8-15-2)12-10(14)9-3-6-16-7-9/h3,6-7,13H,4-5,8H2,1-2H3,(H,12,14). The van der Waals surface area contributed by atoms with Crippen LogP contribution in [0.5, 0.6) is 0 Å². The van der Waals surface area contributed by atoms with Crippen molar-refractivity contribution in [3.63, 3.8) is 0 Å². The molecule has 1 unspecified atom stereocenters. The molecule has 1 heterocycles. The maximum Gasteiger partial charge on any atom is 0.252 e. The summed E-state index contributed by atoms with van der Waals surface area (Å²) < 4.78 is 5.05. The minimum atomic E-state index is -0.525. The summed E-state index contributed by atoms with van der Waals surface area (Å²) in [5.74, 6) is -0.130. The number of carbonyl (C=O) groups excluding carboxylic acids is 1. The van der Waals surface area contributed by atoms with Crippen LogP contribution in [0.2, 0.25) is 0 Å². The average Bonchev–Trinajstić information content (AvgIpc) is 2.70. The van der Waals surface area contributed by atoms with Gasteiger partial charge in [-0.1, -0.05) is 0 Å². The fourth-order valence-corrected chi connectivity index (χ4v) is 2.11. The predicted octanol–water partition coefficient (Wildman–Crippen LogP) is 1.27. The van der Waals surface area contributed by atoms with E-state index in [0.717, 1.165) is 0 Å². The number of methoxy groups -OCH3 is 1. The first-order chi connectivity index (χ1) is 7.61. The summed E-state index contributed by atoms with van der Waals surface area (Å²) >= 11 is 1.48. The Morgan fingerprint density at radius 1 is 1.69 bits per heavy atom. The number of hydrogen-bond donors (Lipinski definition) is 2. The van der Waals surface area contributed by atoms with E-state index in [9.17, 15) is 4.79 Å². The zero-order valence-corrected chi connectivity index (χ0v) is 10.3. The molecular formula is C11H17NO3S. The van der Waals surface area contributed by atoms with Crippen molar-refractivity contribution >= 4 is 17.2 Å². The van der Waals surface area contributed by atoms with Gasteiger partial charge in [0.2, 0.25) is 0 Å². The molecule has 0 bridgehead atoms. The van der Waals surface area contributed by atoms with E-state index in [1.54, 1.807) is 18.6 Å². The maximum absolute atomic E-state index is 11.8. The van der Waals surface area contributed by atoms with Crippen LogP contribution in [0.4, 0.5) is 0 Å². The highest BCUT2D eigenvalue weighted by molar-refractivity contribution is 7.08. The van der Waals surface area contributed by atoms with Crippen LogP contribution in [0.25, 0.3) is 0 Å². The Balaban J connectivity index is 2.64. The fourth-order valence-electron chi connectivity index (χ4n) is 1.48. The molecule has 0 spiro atoms. The van der Waals surface area contributed by atoms with E-state index in [1.807, 2.05) is 12.3 Å². The second-order valence-electron chi connectivity index (χ2n) is 3.93. The molecule has 0 fully saturated rings. The molecule has 16 heavy (non-hydrogen) atoms. The van der Waals surface area contributed by atoms with Crippen LogP contribution in [-0.2, 0) is 4.74 Å². The lowest BCUT2D eigenvalue weighted by molar-refractivity contribution is 0.0726. The normalized spacial score (nSPS) is 14.4. The molecule has 90 valence electrons. The Hall–Kier alpha value is -0.910. The Morgan fingerprint density at radius 3 is 2.94 bits per heavy atom. The largest absolute Gasteiger partial charge is 0.396 e. The number of amides is 1. The molecule has 0 saturated heterocycles. The summed E-state index contributed by atoms with van der Waals surface area (Å²) in [4.78, 5) is 11.8. The van der Waals surface area contributed by atoms with E-state index in [2.05, 4.69) is 5.32 Å². The van der Waals surface area contributed by atoms with Gasteiger partial charge in [-0.2, -0.15) is 11.3 Å². The number of aliphatic hydroxyl groups excluding tert-OH is 1. The molecule has 1 amide bonds. The van der Waals surface area contributed by atoms with Gasteiger partial charge in [-0.25, -0.2) is 0 Å². The van der Waals surface area contributed by atoms with E-state index < -0.39 is 5.54 Å². The van der Waals surface area contributed by atoms with Crippen molar-refractivity contribution in [2.45, 2.75) is 18.9 Å². The number of nitrogens with one attached hydrogen (secondary N) is 1. The smallest absolute Gasteiger partial charge is 0.252 e. The topological polar surface area (TPSA) is 58.6 Å². The predicted molar refractivity (Wildman–Crippen MR) is 63.8 cm³/mol. The van der Waals surface area contributed by atoms with Crippen LogP contribution < -0.4 is 5.32 Å². The third-order valence-electron chi connectivity index (χ3n) is 2.33. The Labute approximate surface area is 99.2 Å².